The van der Waals surface area contributed by atoms with Crippen molar-refractivity contribution in [3.8, 4) is 33.6 Å². The summed E-state index contributed by atoms with van der Waals surface area (Å²) >= 11 is 0. The van der Waals surface area contributed by atoms with Crippen LogP contribution in [-0.4, -0.2) is 13.7 Å². The lowest BCUT2D eigenvalue weighted by Crippen LogP contribution is -1.95. The molecule has 0 unspecified atom stereocenters. The number of fused-ring (bicyclic) bond motifs is 9. The number of para-hydroxylation sites is 5. The molecular weight excluding hydrogens is 715 g/mol. The van der Waals surface area contributed by atoms with Crippen molar-refractivity contribution in [1.29, 1.82) is 0 Å². The summed E-state index contributed by atoms with van der Waals surface area (Å²) in [4.78, 5) is 0. The maximum Gasteiger partial charge on any atom is 0.0619 e. The molecule has 0 aliphatic carbocycles. The molecule has 0 saturated carbocycles. The van der Waals surface area contributed by atoms with Gasteiger partial charge in [-0.15, -0.1) is 0 Å². The summed E-state index contributed by atoms with van der Waals surface area (Å²) in [7, 11) is 2.17. The van der Waals surface area contributed by atoms with Gasteiger partial charge in [-0.1, -0.05) is 152 Å². The van der Waals surface area contributed by atoms with Gasteiger partial charge < -0.3 is 13.7 Å². The molecule has 0 atom stereocenters. The van der Waals surface area contributed by atoms with Crippen LogP contribution in [-0.2, 0) is 7.05 Å². The summed E-state index contributed by atoms with van der Waals surface area (Å²) in [6, 6.07) is 66.6. The van der Waals surface area contributed by atoms with Crippen molar-refractivity contribution in [3.63, 3.8) is 0 Å². The Balaban J connectivity index is 0.000000555. The number of allylic oxidation sites excluding steroid dienone is 5. The van der Waals surface area contributed by atoms with Crippen molar-refractivity contribution in [2.24, 2.45) is 7.05 Å². The van der Waals surface area contributed by atoms with Crippen molar-refractivity contribution >= 4 is 65.4 Å². The predicted octanol–water partition coefficient (Wildman–Crippen LogP) is 15.2. The molecule has 59 heavy (non-hydrogen) atoms. The first-order valence-electron chi connectivity index (χ1n) is 20.2. The van der Waals surface area contributed by atoms with Crippen molar-refractivity contribution in [2.45, 2.75) is 6.92 Å². The molecule has 0 saturated heterocycles. The molecule has 0 N–H and O–H groups in total. The Hall–Kier alpha value is -7.62. The second kappa shape index (κ2) is 15.0. The number of hydrogen-bond acceptors (Lipinski definition) is 0. The lowest BCUT2D eigenvalue weighted by Gasteiger charge is -2.12. The summed E-state index contributed by atoms with van der Waals surface area (Å²) in [5.41, 5.74) is 14.5. The number of aryl methyl sites for hydroxylation is 1. The zero-order valence-electron chi connectivity index (χ0n) is 33.3. The van der Waals surface area contributed by atoms with E-state index in [9.17, 15) is 0 Å². The van der Waals surface area contributed by atoms with E-state index in [1.807, 2.05) is 31.2 Å². The van der Waals surface area contributed by atoms with Gasteiger partial charge in [0.2, 0.25) is 0 Å². The largest absolute Gasteiger partial charge is 0.344 e. The molecule has 11 rings (SSSR count). The first-order valence-corrected chi connectivity index (χ1v) is 20.2. The van der Waals surface area contributed by atoms with Crippen LogP contribution >= 0.6 is 0 Å². The van der Waals surface area contributed by atoms with Crippen molar-refractivity contribution in [1.82, 2.24) is 13.7 Å². The summed E-state index contributed by atoms with van der Waals surface area (Å²) < 4.78 is 7.15. The van der Waals surface area contributed by atoms with E-state index >= 15 is 0 Å². The van der Waals surface area contributed by atoms with Gasteiger partial charge in [0.05, 0.1) is 22.1 Å². The first kappa shape index (κ1) is 35.8. The van der Waals surface area contributed by atoms with E-state index in [-0.39, 0.29) is 0 Å². The van der Waals surface area contributed by atoms with Gasteiger partial charge in [-0.05, 0) is 90.3 Å². The molecule has 0 amide bonds. The topological polar surface area (TPSA) is 14.8 Å². The third-order valence-corrected chi connectivity index (χ3v) is 11.6. The molecule has 0 fully saturated rings. The first-order chi connectivity index (χ1) is 29.1. The van der Waals surface area contributed by atoms with Gasteiger partial charge in [0.25, 0.3) is 0 Å². The molecule has 3 nitrogen and oxygen atoms in total. The number of nitrogens with zero attached hydrogens (tertiary/aromatic N) is 3. The zero-order valence-corrected chi connectivity index (χ0v) is 33.3. The standard InChI is InChI=1S/C49H33N3.C7H10/c1-50-44-21-10-8-17-38(44)40-26-23-33(31-48(40)50)32-24-27-47-43(29-32)41-20-12-19-37(49(41)52(47)36-15-6-3-7-16-36)34-25-28-46-42(30-34)39-18-9-11-22-45(39)51(46)35-13-4-2-5-14-35;1-3-5-7-6-4-2/h2-31H,1H3;3-7H,1H2,2H3/b;6-4-,7-5-. The second-order valence-corrected chi connectivity index (χ2v) is 15.0. The molecular formula is C56H43N3. The van der Waals surface area contributed by atoms with Crippen LogP contribution in [0.15, 0.2) is 219 Å². The van der Waals surface area contributed by atoms with Gasteiger partial charge in [-0.3, -0.25) is 0 Å². The van der Waals surface area contributed by atoms with Gasteiger partial charge in [0, 0.05) is 67.3 Å². The maximum absolute atomic E-state index is 3.51. The molecule has 282 valence electrons. The summed E-state index contributed by atoms with van der Waals surface area (Å²) in [5.74, 6) is 0. The lowest BCUT2D eigenvalue weighted by atomic mass is 9.98. The maximum atomic E-state index is 3.51. The Bertz CT molecular complexity index is 3410. The van der Waals surface area contributed by atoms with E-state index in [0.29, 0.717) is 0 Å². The quantitative estimate of drug-likeness (QED) is 0.150. The average Bonchev–Trinajstić information content (AvgIpc) is 3.92. The lowest BCUT2D eigenvalue weighted by molar-refractivity contribution is 1.01. The van der Waals surface area contributed by atoms with Crippen LogP contribution in [0.4, 0.5) is 0 Å². The fourth-order valence-corrected chi connectivity index (χ4v) is 8.92. The van der Waals surface area contributed by atoms with Crippen LogP contribution < -0.4 is 0 Å². The van der Waals surface area contributed by atoms with Gasteiger partial charge in [0.15, 0.2) is 0 Å². The summed E-state index contributed by atoms with van der Waals surface area (Å²) in [5, 5.41) is 7.59. The Morgan fingerprint density at radius 3 is 1.64 bits per heavy atom. The minimum Gasteiger partial charge on any atom is -0.344 e. The Morgan fingerprint density at radius 2 is 0.915 bits per heavy atom. The number of benzene rings is 8. The number of hydrogen-bond donors (Lipinski definition) is 0. The smallest absolute Gasteiger partial charge is 0.0619 e. The summed E-state index contributed by atoms with van der Waals surface area (Å²) in [6.45, 7) is 5.49. The molecule has 0 spiro atoms. The van der Waals surface area contributed by atoms with Crippen molar-refractivity contribution in [3.05, 3.63) is 219 Å². The van der Waals surface area contributed by atoms with Gasteiger partial charge in [0.1, 0.15) is 0 Å². The summed E-state index contributed by atoms with van der Waals surface area (Å²) in [6.07, 6.45) is 9.51. The van der Waals surface area contributed by atoms with E-state index in [2.05, 4.69) is 209 Å². The van der Waals surface area contributed by atoms with Crippen LogP contribution in [0.2, 0.25) is 0 Å². The molecule has 0 aliphatic rings. The Labute approximate surface area is 344 Å². The fraction of sp³-hybridized carbons (Fsp3) is 0.0357. The SMILES string of the molecule is C=C/C=C\C=C/C.Cn1c2ccccc2c2ccc(-c3ccc4c(c3)c3cccc(-c5ccc6c(c5)c5ccccc5n6-c5ccccc5)c3n4-c3ccccc3)cc21. The van der Waals surface area contributed by atoms with E-state index in [0.717, 1.165) is 5.69 Å². The molecule has 3 heteroatoms. The van der Waals surface area contributed by atoms with E-state index in [1.54, 1.807) is 6.08 Å². The van der Waals surface area contributed by atoms with E-state index < -0.39 is 0 Å². The molecule has 11 aromatic rings. The number of aromatic nitrogens is 3. The minimum absolute atomic E-state index is 1.15. The third kappa shape index (κ3) is 6.07. The molecule has 3 heterocycles. The molecule has 8 aromatic carbocycles. The molecule has 0 aliphatic heterocycles. The van der Waals surface area contributed by atoms with Crippen LogP contribution in [0, 0.1) is 0 Å². The van der Waals surface area contributed by atoms with Crippen molar-refractivity contribution < 1.29 is 0 Å². The monoisotopic (exact) mass is 757 g/mol. The van der Waals surface area contributed by atoms with Crippen LogP contribution in [0.25, 0.3) is 99.0 Å². The van der Waals surface area contributed by atoms with Crippen LogP contribution in [0.1, 0.15) is 6.92 Å². The highest BCUT2D eigenvalue weighted by Gasteiger charge is 2.19. The van der Waals surface area contributed by atoms with Gasteiger partial charge >= 0.3 is 0 Å². The highest BCUT2D eigenvalue weighted by atomic mass is 15.0. The predicted molar refractivity (Wildman–Crippen MR) is 254 cm³/mol. The average molecular weight is 758 g/mol. The fourth-order valence-electron chi connectivity index (χ4n) is 8.92. The van der Waals surface area contributed by atoms with Crippen LogP contribution in [0.3, 0.4) is 0 Å². The van der Waals surface area contributed by atoms with E-state index in [4.69, 9.17) is 0 Å². The van der Waals surface area contributed by atoms with Gasteiger partial charge in [-0.25, -0.2) is 0 Å². The van der Waals surface area contributed by atoms with E-state index in [1.165, 1.54) is 93.4 Å². The van der Waals surface area contributed by atoms with Crippen LogP contribution in [0.5, 0.6) is 0 Å². The highest BCUT2D eigenvalue weighted by Crippen LogP contribution is 2.42. The number of rotatable bonds is 6. The molecule has 0 radical (unpaired) electrons. The normalized spacial score (nSPS) is 11.8. The molecule has 0 bridgehead atoms. The minimum atomic E-state index is 1.15. The Kier molecular flexibility index (Phi) is 9.12. The van der Waals surface area contributed by atoms with Gasteiger partial charge in [-0.2, -0.15) is 0 Å². The third-order valence-electron chi connectivity index (χ3n) is 11.6. The second-order valence-electron chi connectivity index (χ2n) is 15.0. The Morgan fingerprint density at radius 1 is 0.390 bits per heavy atom. The highest BCUT2D eigenvalue weighted by molar-refractivity contribution is 6.16. The zero-order chi connectivity index (χ0) is 39.9. The van der Waals surface area contributed by atoms with Crippen molar-refractivity contribution in [2.75, 3.05) is 0 Å². The molecule has 3 aromatic heterocycles.